The molecular weight excluding hydrogens is 280 g/mol. The summed E-state index contributed by atoms with van der Waals surface area (Å²) < 4.78 is 10.5. The molecule has 0 amide bonds. The molecule has 1 fully saturated rings. The van der Waals surface area contributed by atoms with E-state index in [2.05, 4.69) is 19.1 Å². The molecule has 0 heterocycles. The molecule has 1 saturated carbocycles. The first kappa shape index (κ1) is 16.8. The summed E-state index contributed by atoms with van der Waals surface area (Å²) in [5.74, 6) is -0.386. The smallest absolute Gasteiger partial charge is 0.323 e. The zero-order chi connectivity index (χ0) is 16.2. The standard InChI is InChI=1S/C18H26O4/c1-4-21-16(19)18(17(20)22-5-2)12-8-11-15(18)13(3)14-9-6-7-10-14/h6-7,9-10,13-15H,4-5,8,11-12H2,1-3H3. The monoisotopic (exact) mass is 306 g/mol. The van der Waals surface area contributed by atoms with E-state index in [9.17, 15) is 9.59 Å². The second-order valence-electron chi connectivity index (χ2n) is 6.12. The minimum absolute atomic E-state index is 0.0389. The van der Waals surface area contributed by atoms with Crippen molar-refractivity contribution >= 4 is 11.9 Å². The van der Waals surface area contributed by atoms with Crippen molar-refractivity contribution < 1.29 is 19.1 Å². The van der Waals surface area contributed by atoms with Gasteiger partial charge in [-0.1, -0.05) is 37.6 Å². The van der Waals surface area contributed by atoms with Crippen LogP contribution in [0.4, 0.5) is 0 Å². The first-order chi connectivity index (χ1) is 10.6. The lowest BCUT2D eigenvalue weighted by Gasteiger charge is -2.36. The van der Waals surface area contributed by atoms with Gasteiger partial charge >= 0.3 is 11.9 Å². The molecule has 4 nitrogen and oxygen atoms in total. The molecule has 2 atom stereocenters. The fraction of sp³-hybridized carbons (Fsp3) is 0.667. The van der Waals surface area contributed by atoms with E-state index < -0.39 is 17.4 Å². The van der Waals surface area contributed by atoms with Crippen LogP contribution in [0.15, 0.2) is 24.3 Å². The molecule has 0 aliphatic heterocycles. The Labute approximate surface area is 132 Å². The molecule has 4 heteroatoms. The Balaban J connectivity index is 2.32. The third-order valence-corrected chi connectivity index (χ3v) is 5.02. The molecule has 0 aromatic carbocycles. The van der Waals surface area contributed by atoms with E-state index >= 15 is 0 Å². The van der Waals surface area contributed by atoms with Gasteiger partial charge in [-0.15, -0.1) is 0 Å². The minimum Gasteiger partial charge on any atom is -0.465 e. The van der Waals surface area contributed by atoms with E-state index in [0.29, 0.717) is 6.42 Å². The molecule has 2 aliphatic carbocycles. The summed E-state index contributed by atoms with van der Waals surface area (Å²) in [6.07, 6.45) is 10.5. The minimum atomic E-state index is -1.13. The van der Waals surface area contributed by atoms with Crippen LogP contribution in [0.25, 0.3) is 0 Å². The van der Waals surface area contributed by atoms with Gasteiger partial charge in [0.1, 0.15) is 0 Å². The highest BCUT2D eigenvalue weighted by molar-refractivity contribution is 6.00. The fourth-order valence-corrected chi connectivity index (χ4v) is 3.92. The molecule has 2 rings (SSSR count). The first-order valence-corrected chi connectivity index (χ1v) is 8.27. The van der Waals surface area contributed by atoms with Gasteiger partial charge in [0.25, 0.3) is 0 Å². The summed E-state index contributed by atoms with van der Waals surface area (Å²) >= 11 is 0. The van der Waals surface area contributed by atoms with Crippen molar-refractivity contribution in [3.8, 4) is 0 Å². The second kappa shape index (κ2) is 7.12. The van der Waals surface area contributed by atoms with Gasteiger partial charge in [0.2, 0.25) is 0 Å². The summed E-state index contributed by atoms with van der Waals surface area (Å²) in [6.45, 7) is 6.22. The number of rotatable bonds is 6. The van der Waals surface area contributed by atoms with E-state index in [4.69, 9.17) is 9.47 Å². The fourth-order valence-electron chi connectivity index (χ4n) is 3.92. The van der Waals surface area contributed by atoms with Gasteiger partial charge in [-0.25, -0.2) is 0 Å². The van der Waals surface area contributed by atoms with Gasteiger partial charge in [-0.05, 0) is 44.4 Å². The Bertz CT molecular complexity index is 447. The van der Waals surface area contributed by atoms with Crippen LogP contribution in [-0.4, -0.2) is 25.2 Å². The lowest BCUT2D eigenvalue weighted by Crippen LogP contribution is -2.47. The quantitative estimate of drug-likeness (QED) is 0.558. The highest BCUT2D eigenvalue weighted by atomic mass is 16.6. The second-order valence-corrected chi connectivity index (χ2v) is 6.12. The lowest BCUT2D eigenvalue weighted by atomic mass is 9.68. The van der Waals surface area contributed by atoms with Crippen molar-refractivity contribution in [3.05, 3.63) is 24.3 Å². The zero-order valence-corrected chi connectivity index (χ0v) is 13.7. The largest absolute Gasteiger partial charge is 0.465 e. The van der Waals surface area contributed by atoms with E-state index in [-0.39, 0.29) is 31.0 Å². The summed E-state index contributed by atoms with van der Waals surface area (Å²) in [5, 5.41) is 0. The molecule has 0 bridgehead atoms. The number of hydrogen-bond acceptors (Lipinski definition) is 4. The van der Waals surface area contributed by atoms with Crippen LogP contribution in [0.1, 0.15) is 40.0 Å². The predicted molar refractivity (Wildman–Crippen MR) is 84.0 cm³/mol. The van der Waals surface area contributed by atoms with Crippen molar-refractivity contribution in [2.75, 3.05) is 13.2 Å². The van der Waals surface area contributed by atoms with Crippen LogP contribution in [0.3, 0.4) is 0 Å². The van der Waals surface area contributed by atoms with Crippen LogP contribution in [0, 0.1) is 23.2 Å². The molecule has 0 N–H and O–H groups in total. The number of allylic oxidation sites excluding steroid dienone is 4. The van der Waals surface area contributed by atoms with Crippen LogP contribution >= 0.6 is 0 Å². The molecule has 22 heavy (non-hydrogen) atoms. The van der Waals surface area contributed by atoms with E-state index in [1.165, 1.54) is 0 Å². The maximum Gasteiger partial charge on any atom is 0.323 e. The Hall–Kier alpha value is -1.58. The van der Waals surface area contributed by atoms with Gasteiger partial charge in [0.05, 0.1) is 13.2 Å². The van der Waals surface area contributed by atoms with E-state index in [1.807, 2.05) is 12.2 Å². The third kappa shape index (κ3) is 2.83. The Morgan fingerprint density at radius 1 is 1.14 bits per heavy atom. The maximum atomic E-state index is 12.7. The number of ether oxygens (including phenoxy) is 2. The normalized spacial score (nSPS) is 24.4. The van der Waals surface area contributed by atoms with Crippen molar-refractivity contribution in [2.45, 2.75) is 40.0 Å². The number of carbonyl (C=O) groups excluding carboxylic acids is 2. The van der Waals surface area contributed by atoms with Crippen molar-refractivity contribution in [1.29, 1.82) is 0 Å². The van der Waals surface area contributed by atoms with Gasteiger partial charge in [-0.2, -0.15) is 0 Å². The van der Waals surface area contributed by atoms with Crippen molar-refractivity contribution in [3.63, 3.8) is 0 Å². The summed E-state index contributed by atoms with van der Waals surface area (Å²) in [5.41, 5.74) is -1.13. The van der Waals surface area contributed by atoms with Crippen LogP contribution in [-0.2, 0) is 19.1 Å². The van der Waals surface area contributed by atoms with Crippen LogP contribution in [0.2, 0.25) is 0 Å². The van der Waals surface area contributed by atoms with Crippen LogP contribution in [0.5, 0.6) is 0 Å². The third-order valence-electron chi connectivity index (χ3n) is 5.02. The zero-order valence-electron chi connectivity index (χ0n) is 13.7. The molecule has 2 unspecified atom stereocenters. The molecule has 0 saturated heterocycles. The Morgan fingerprint density at radius 3 is 2.18 bits per heavy atom. The summed E-state index contributed by atoms with van der Waals surface area (Å²) in [4.78, 5) is 25.3. The van der Waals surface area contributed by atoms with E-state index in [1.54, 1.807) is 13.8 Å². The lowest BCUT2D eigenvalue weighted by molar-refractivity contribution is -0.177. The van der Waals surface area contributed by atoms with Gasteiger partial charge < -0.3 is 9.47 Å². The molecule has 0 spiro atoms. The topological polar surface area (TPSA) is 52.6 Å². The maximum absolute atomic E-state index is 12.7. The summed E-state index contributed by atoms with van der Waals surface area (Å²) in [7, 11) is 0. The summed E-state index contributed by atoms with van der Waals surface area (Å²) in [6, 6.07) is 0. The Kier molecular flexibility index (Phi) is 5.43. The van der Waals surface area contributed by atoms with Crippen molar-refractivity contribution in [1.82, 2.24) is 0 Å². The van der Waals surface area contributed by atoms with Crippen LogP contribution < -0.4 is 0 Å². The van der Waals surface area contributed by atoms with Crippen molar-refractivity contribution in [2.24, 2.45) is 23.2 Å². The Morgan fingerprint density at radius 2 is 1.68 bits per heavy atom. The predicted octanol–water partition coefficient (Wildman–Crippen LogP) is 3.28. The number of carbonyl (C=O) groups is 2. The average molecular weight is 306 g/mol. The molecular formula is C18H26O4. The molecule has 122 valence electrons. The molecule has 2 aliphatic rings. The average Bonchev–Trinajstić information content (AvgIpc) is 3.17. The first-order valence-electron chi connectivity index (χ1n) is 8.27. The number of hydrogen-bond donors (Lipinski definition) is 0. The molecule has 0 radical (unpaired) electrons. The van der Waals surface area contributed by atoms with E-state index in [0.717, 1.165) is 12.8 Å². The van der Waals surface area contributed by atoms with Gasteiger partial charge in [0, 0.05) is 0 Å². The SMILES string of the molecule is CCOC(=O)C1(C(=O)OCC)CCCC1C(C)C1C=CC=C1. The van der Waals surface area contributed by atoms with Gasteiger partial charge in [-0.3, -0.25) is 9.59 Å². The highest BCUT2D eigenvalue weighted by Crippen LogP contribution is 2.51. The molecule has 0 aromatic rings. The highest BCUT2D eigenvalue weighted by Gasteiger charge is 2.59. The number of esters is 2. The van der Waals surface area contributed by atoms with Gasteiger partial charge in [0.15, 0.2) is 5.41 Å². The molecule has 0 aromatic heterocycles.